The first-order valence-corrected chi connectivity index (χ1v) is 5.38. The average molecular weight is 239 g/mol. The predicted octanol–water partition coefficient (Wildman–Crippen LogP) is 2.83. The second-order valence-corrected chi connectivity index (χ2v) is 4.59. The van der Waals surface area contributed by atoms with Crippen LogP contribution in [-0.2, 0) is 6.42 Å². The molecule has 2 rings (SSSR count). The number of hydrogen-bond acceptors (Lipinski definition) is 1. The number of fused-ring (bicyclic) bond motifs is 1. The molecule has 1 aromatic rings. The van der Waals surface area contributed by atoms with Crippen molar-refractivity contribution in [2.45, 2.75) is 18.2 Å². The third kappa shape index (κ3) is 1.44. The van der Waals surface area contributed by atoms with E-state index in [1.54, 1.807) is 0 Å². The Bertz CT molecular complexity index is 346. The van der Waals surface area contributed by atoms with Crippen LogP contribution in [0.15, 0.2) is 24.3 Å². The van der Waals surface area contributed by atoms with Crippen LogP contribution in [0.25, 0.3) is 0 Å². The Balaban J connectivity index is 2.49. The Morgan fingerprint density at radius 3 is 2.85 bits per heavy atom. The first-order valence-electron chi connectivity index (χ1n) is 4.46. The molecule has 2 atom stereocenters. The summed E-state index contributed by atoms with van der Waals surface area (Å²) in [7, 11) is 0. The van der Waals surface area contributed by atoms with Gasteiger partial charge in [-0.25, -0.2) is 0 Å². The van der Waals surface area contributed by atoms with Crippen LogP contribution in [-0.4, -0.2) is 10.6 Å². The van der Waals surface area contributed by atoms with Gasteiger partial charge in [0, 0.05) is 5.56 Å². The average Bonchev–Trinajstić information content (AvgIpc) is 2.15. The summed E-state index contributed by atoms with van der Waals surface area (Å²) < 4.78 is 0. The highest BCUT2D eigenvalue weighted by molar-refractivity contribution is 9.10. The van der Waals surface area contributed by atoms with E-state index in [4.69, 9.17) is 0 Å². The number of benzene rings is 1. The molecule has 0 spiro atoms. The fraction of sp³-hybridized carbons (Fsp3) is 0.364. The van der Waals surface area contributed by atoms with Gasteiger partial charge in [0.05, 0.1) is 4.83 Å². The highest BCUT2D eigenvalue weighted by Gasteiger charge is 2.30. The van der Waals surface area contributed by atoms with Crippen LogP contribution in [0.5, 0.6) is 0 Å². The van der Waals surface area contributed by atoms with E-state index in [0.717, 1.165) is 12.0 Å². The minimum atomic E-state index is 0.00222. The Hall–Kier alpha value is -0.630. The van der Waals surface area contributed by atoms with Gasteiger partial charge in [-0.05, 0) is 17.9 Å². The van der Waals surface area contributed by atoms with Gasteiger partial charge >= 0.3 is 0 Å². The minimum absolute atomic E-state index is 0.00222. The quantitative estimate of drug-likeness (QED) is 0.636. The molecule has 0 radical (unpaired) electrons. The molecule has 0 aromatic heterocycles. The second-order valence-electron chi connectivity index (χ2n) is 3.60. The number of hydrogen-bond donors (Lipinski definition) is 0. The fourth-order valence-corrected chi connectivity index (χ4v) is 2.23. The summed E-state index contributed by atoms with van der Waals surface area (Å²) in [5.74, 6) is 0.636. The maximum Gasteiger partial charge on any atom is 0.177 e. The SMILES string of the molecule is CC1Cc2ccccc2C(=O)C1Br. The lowest BCUT2D eigenvalue weighted by Crippen LogP contribution is -2.29. The highest BCUT2D eigenvalue weighted by atomic mass is 79.9. The summed E-state index contributed by atoms with van der Waals surface area (Å²) in [5.41, 5.74) is 2.08. The van der Waals surface area contributed by atoms with Crippen LogP contribution in [0.3, 0.4) is 0 Å². The molecule has 0 saturated carbocycles. The van der Waals surface area contributed by atoms with Gasteiger partial charge in [-0.2, -0.15) is 0 Å². The zero-order valence-corrected chi connectivity index (χ0v) is 9.04. The molecule has 0 heterocycles. The van der Waals surface area contributed by atoms with Gasteiger partial charge in [0.2, 0.25) is 0 Å². The van der Waals surface area contributed by atoms with Crippen molar-refractivity contribution in [2.75, 3.05) is 0 Å². The van der Waals surface area contributed by atoms with E-state index in [1.165, 1.54) is 5.56 Å². The summed E-state index contributed by atoms with van der Waals surface area (Å²) in [6, 6.07) is 7.88. The lowest BCUT2D eigenvalue weighted by atomic mass is 9.84. The topological polar surface area (TPSA) is 17.1 Å². The van der Waals surface area contributed by atoms with E-state index in [0.29, 0.717) is 5.92 Å². The molecule has 1 aromatic carbocycles. The summed E-state index contributed by atoms with van der Waals surface area (Å²) in [6.45, 7) is 2.10. The zero-order chi connectivity index (χ0) is 9.42. The van der Waals surface area contributed by atoms with Gasteiger partial charge < -0.3 is 0 Å². The second kappa shape index (κ2) is 3.26. The van der Waals surface area contributed by atoms with Crippen LogP contribution in [0.4, 0.5) is 0 Å². The van der Waals surface area contributed by atoms with Crippen molar-refractivity contribution in [3.8, 4) is 0 Å². The number of Topliss-reactive ketones (excluding diaryl/α,β-unsaturated/α-hetero) is 1. The molecule has 0 saturated heterocycles. The number of rotatable bonds is 0. The van der Waals surface area contributed by atoms with Crippen LogP contribution < -0.4 is 0 Å². The molecule has 13 heavy (non-hydrogen) atoms. The summed E-state index contributed by atoms with van der Waals surface area (Å²) in [4.78, 5) is 11.8. The molecule has 2 unspecified atom stereocenters. The van der Waals surface area contributed by atoms with E-state index in [9.17, 15) is 4.79 Å². The zero-order valence-electron chi connectivity index (χ0n) is 7.46. The van der Waals surface area contributed by atoms with Crippen LogP contribution in [0.1, 0.15) is 22.8 Å². The number of carbonyl (C=O) groups excluding carboxylic acids is 1. The van der Waals surface area contributed by atoms with Gasteiger partial charge in [0.25, 0.3) is 0 Å². The molecule has 0 aliphatic heterocycles. The highest BCUT2D eigenvalue weighted by Crippen LogP contribution is 2.29. The minimum Gasteiger partial charge on any atom is -0.293 e. The van der Waals surface area contributed by atoms with Gasteiger partial charge in [-0.3, -0.25) is 4.79 Å². The molecule has 1 nitrogen and oxygen atoms in total. The monoisotopic (exact) mass is 238 g/mol. The molecule has 0 fully saturated rings. The normalized spacial score (nSPS) is 27.1. The van der Waals surface area contributed by atoms with Gasteiger partial charge in [0.1, 0.15) is 0 Å². The summed E-state index contributed by atoms with van der Waals surface area (Å²) >= 11 is 3.44. The lowest BCUT2D eigenvalue weighted by molar-refractivity contribution is 0.0964. The predicted molar refractivity (Wildman–Crippen MR) is 56.4 cm³/mol. The van der Waals surface area contributed by atoms with Crippen molar-refractivity contribution in [3.05, 3.63) is 35.4 Å². The van der Waals surface area contributed by atoms with Crippen molar-refractivity contribution in [1.29, 1.82) is 0 Å². The van der Waals surface area contributed by atoms with Crippen LogP contribution in [0.2, 0.25) is 0 Å². The van der Waals surface area contributed by atoms with Crippen LogP contribution in [0, 0.1) is 5.92 Å². The Morgan fingerprint density at radius 1 is 1.38 bits per heavy atom. The third-order valence-electron chi connectivity index (χ3n) is 2.57. The van der Waals surface area contributed by atoms with Crippen molar-refractivity contribution in [2.24, 2.45) is 5.92 Å². The molecule has 68 valence electrons. The Kier molecular flexibility index (Phi) is 2.24. The Labute approximate surface area is 86.3 Å². The summed E-state index contributed by atoms with van der Waals surface area (Å²) in [6.07, 6.45) is 0.998. The Morgan fingerprint density at radius 2 is 2.08 bits per heavy atom. The maximum absolute atomic E-state index is 11.8. The number of ketones is 1. The molecule has 0 amide bonds. The first-order chi connectivity index (χ1) is 6.20. The maximum atomic E-state index is 11.8. The molecule has 0 N–H and O–H groups in total. The number of carbonyl (C=O) groups is 1. The van der Waals surface area contributed by atoms with Crippen LogP contribution >= 0.6 is 15.9 Å². The molecular weight excluding hydrogens is 228 g/mol. The van der Waals surface area contributed by atoms with Gasteiger partial charge in [-0.1, -0.05) is 47.1 Å². The molecule has 2 heteroatoms. The molecular formula is C11H11BrO. The standard InChI is InChI=1S/C11H11BrO/c1-7-6-8-4-2-3-5-9(8)11(13)10(7)12/h2-5,7,10H,6H2,1H3. The van der Waals surface area contributed by atoms with Gasteiger partial charge in [0.15, 0.2) is 5.78 Å². The van der Waals surface area contributed by atoms with E-state index >= 15 is 0 Å². The number of alkyl halides is 1. The van der Waals surface area contributed by atoms with Crippen molar-refractivity contribution < 1.29 is 4.79 Å². The van der Waals surface area contributed by atoms with E-state index < -0.39 is 0 Å². The molecule has 1 aliphatic rings. The van der Waals surface area contributed by atoms with E-state index in [-0.39, 0.29) is 10.6 Å². The third-order valence-corrected chi connectivity index (χ3v) is 3.89. The van der Waals surface area contributed by atoms with Crippen molar-refractivity contribution in [3.63, 3.8) is 0 Å². The molecule has 0 bridgehead atoms. The van der Waals surface area contributed by atoms with Crippen molar-refractivity contribution >= 4 is 21.7 Å². The van der Waals surface area contributed by atoms with Crippen molar-refractivity contribution in [1.82, 2.24) is 0 Å². The smallest absolute Gasteiger partial charge is 0.177 e. The van der Waals surface area contributed by atoms with Gasteiger partial charge in [-0.15, -0.1) is 0 Å². The lowest BCUT2D eigenvalue weighted by Gasteiger charge is -2.24. The first kappa shape index (κ1) is 8.95. The summed E-state index contributed by atoms with van der Waals surface area (Å²) in [5, 5.41) is 0. The molecule has 1 aliphatic carbocycles. The fourth-order valence-electron chi connectivity index (χ4n) is 1.80. The van der Waals surface area contributed by atoms with E-state index in [2.05, 4.69) is 22.9 Å². The largest absolute Gasteiger partial charge is 0.293 e. The number of halogens is 1. The van der Waals surface area contributed by atoms with E-state index in [1.807, 2.05) is 24.3 Å².